The molecule has 0 unspecified atom stereocenters. The molecule has 38 heteroatoms. The first-order chi connectivity index (χ1) is 65.3. The van der Waals surface area contributed by atoms with Crippen molar-refractivity contribution in [2.45, 2.75) is 126 Å². The van der Waals surface area contributed by atoms with Crippen molar-refractivity contribution in [3.8, 4) is 0 Å². The molecule has 0 saturated carbocycles. The maximum atomic E-state index is 4.58. The van der Waals surface area contributed by atoms with Crippen molar-refractivity contribution in [2.24, 2.45) is 0 Å². The summed E-state index contributed by atoms with van der Waals surface area (Å²) in [5.74, 6) is 0. The zero-order valence-electron chi connectivity index (χ0n) is 69.9. The molecule has 0 atom stereocenters. The number of thiazole rings is 1. The minimum absolute atomic E-state index is 0. The quantitative estimate of drug-likeness (QED) is 0.0821. The fraction of sp³-hybridized carbons (Fsp3) is 0.155. The van der Waals surface area contributed by atoms with Gasteiger partial charge in [-0.3, -0.25) is 35.0 Å². The molecule has 32 nitrogen and oxygen atoms in total. The summed E-state index contributed by atoms with van der Waals surface area (Å²) in [7, 11) is 0. The molecule has 148 heavy (non-hydrogen) atoms. The van der Waals surface area contributed by atoms with E-state index in [0.717, 1.165) is 22.1 Å². The van der Waals surface area contributed by atoms with Crippen LogP contribution in [0.1, 0.15) is 126 Å². The number of aromatic amines is 6. The number of nitrogens with zero attached hydrogens (tertiary/aromatic N) is 23. The van der Waals surface area contributed by atoms with Crippen molar-refractivity contribution in [1.82, 2.24) is 145 Å². The van der Waals surface area contributed by atoms with Gasteiger partial charge in [0.05, 0.1) is 77.5 Å². The highest BCUT2D eigenvalue weighted by Gasteiger charge is 1.93. The smallest absolute Gasteiger partial charge is 0.180 e. The van der Waals surface area contributed by atoms with Crippen molar-refractivity contribution < 1.29 is 13.4 Å². The molecule has 0 bridgehead atoms. The van der Waals surface area contributed by atoms with Gasteiger partial charge < -0.3 is 33.3 Å². The molecule has 0 aliphatic rings. The Morgan fingerprint density at radius 2 is 0.770 bits per heavy atom. The first-order valence-corrected chi connectivity index (χ1v) is 43.8. The monoisotopic (exact) mass is 2120 g/mol. The van der Waals surface area contributed by atoms with E-state index >= 15 is 0 Å². The number of aromatic nitrogens is 29. The number of imidazole rings is 2. The zero-order chi connectivity index (χ0) is 91.3. The third kappa shape index (κ3) is 89.0. The molecule has 4 aromatic carbocycles. The standard InChI is InChI=1S/C8H6N2.C8H7N.C8H6S.C7H6N2.C6H4S2.C5H5N.4C4H4N2.C4H5N.C4H4O.C4H4S.C3H3N3.2C3H4N2.2C3H3NO.2C3H3NS.C2H3N3.17CH4/c1-2-4-8-7(3-1)9-5-6-10-8;2*1-2-4-8-7(3-1)5-6-9-8;1-2-4-7-6(3-1)8-5-9-7;1-3-7-6-2-4-8-5(1)6;1-2-4-6-5-3-1;1-2-6-4-3-5-1;2*1-2-5-4-6-3-1;1-2-4-6-5-3-1;3*1-2-4-5-3-1;1-4-2-6-3-5-1;1-2-5-3-4-1;1-2-4-5-3-1;1-2-5-3-4-1;1-2-4-5-3-1;1-2-5-3-4-1;2*1-2-4-5-3-1;;;;;;;;;;;;;;;;;/h1-6H;1-6,9H;1-6H;1-5H,(H,8,9);1-4H;1-5H;4*1-4H;1-5H;2*1-4H;1-3H;2*1-3H,(H,4,5);4*1-3H;1-2H,(H,3,4,5);17*1H4. The number of benzene rings is 4. The molecule has 0 radical (unpaired) electrons. The molecule has 6 N–H and O–H groups in total. The van der Waals surface area contributed by atoms with Crippen LogP contribution < -0.4 is 0 Å². The van der Waals surface area contributed by atoms with Gasteiger partial charge in [0.25, 0.3) is 0 Å². The minimum Gasteiger partial charge on any atom is -0.473 e. The van der Waals surface area contributed by atoms with Gasteiger partial charge in [0.2, 0.25) is 0 Å². The lowest BCUT2D eigenvalue weighted by atomic mass is 10.3. The first kappa shape index (κ1) is 156. The van der Waals surface area contributed by atoms with Gasteiger partial charge >= 0.3 is 0 Å². The molecule has 0 fully saturated rings. The normalized spacial score (nSPS) is 7.76. The summed E-state index contributed by atoms with van der Waals surface area (Å²) in [4.78, 5) is 71.6. The lowest BCUT2D eigenvalue weighted by Crippen LogP contribution is -1.78. The fourth-order valence-corrected chi connectivity index (χ4v) is 11.7. The van der Waals surface area contributed by atoms with Crippen LogP contribution in [0, 0.1) is 0 Å². The molecular weight excluding hydrogens is 1970 g/mol. The molecule has 0 spiro atoms. The molecule has 0 saturated heterocycles. The number of nitrogens with one attached hydrogen (secondary N) is 6. The lowest BCUT2D eigenvalue weighted by molar-refractivity contribution is 0.420. The average molecular weight is 2130 g/mol. The van der Waals surface area contributed by atoms with Crippen LogP contribution in [0.4, 0.5) is 0 Å². The third-order valence-electron chi connectivity index (χ3n) is 13.4. The SMILES string of the molecule is C.C.C.C.C.C.C.C.C.C.C.C.C.C.C.C.C.c1c[nH]cn1.c1cc2sccc2s1.c1cc[nH]c1.c1ccc2[nH]ccc2c1.c1ccc2[nH]cnc2c1.c1ccc2nccnc2c1.c1ccc2sccc2c1.c1ccncc1.c1ccnnc1.c1ccoc1.c1ccsc1.c1cn[nH]c1.c1cn[nH]n1.c1cnccn1.c1cncnc1.c1cncnc1.c1cnoc1.c1cnsc1.c1cocn1.c1cscn1.c1ncncn1. The summed E-state index contributed by atoms with van der Waals surface area (Å²) in [6.07, 6.45) is 64.3. The number of fused-ring (bicyclic) bond motifs is 5. The van der Waals surface area contributed by atoms with E-state index in [1.165, 1.54) is 92.5 Å². The van der Waals surface area contributed by atoms with Crippen molar-refractivity contribution in [2.75, 3.05) is 0 Å². The summed E-state index contributed by atoms with van der Waals surface area (Å²) >= 11 is 10.2. The molecular formula is C110H157N29O3S6. The topological polar surface area (TPSA) is 431 Å². The predicted octanol–water partition coefficient (Wildman–Crippen LogP) is 33.2. The van der Waals surface area contributed by atoms with Crippen LogP contribution in [0.5, 0.6) is 0 Å². The van der Waals surface area contributed by atoms with E-state index in [4.69, 9.17) is 0 Å². The minimum atomic E-state index is 0. The Hall–Kier alpha value is -17.2. The second-order valence-corrected chi connectivity index (χ2v) is 27.5. The third-order valence-corrected chi connectivity index (χ3v) is 17.8. The van der Waals surface area contributed by atoms with Gasteiger partial charge in [0.15, 0.2) is 6.39 Å². The Kier molecular flexibility index (Phi) is 127. The summed E-state index contributed by atoms with van der Waals surface area (Å²) in [5, 5.41) is 42.9. The van der Waals surface area contributed by atoms with E-state index in [-0.39, 0.29) is 126 Å². The molecule has 0 amide bonds. The number of para-hydroxylation sites is 5. The maximum Gasteiger partial charge on any atom is 0.180 e. The second kappa shape index (κ2) is 120. The zero-order valence-corrected chi connectivity index (χ0v) is 74.8. The van der Waals surface area contributed by atoms with E-state index in [1.54, 1.807) is 254 Å². The number of rotatable bonds is 0. The van der Waals surface area contributed by atoms with E-state index in [0.29, 0.717) is 0 Å². The predicted molar refractivity (Wildman–Crippen MR) is 637 cm³/mol. The van der Waals surface area contributed by atoms with Crippen LogP contribution in [-0.4, -0.2) is 145 Å². The van der Waals surface area contributed by atoms with Gasteiger partial charge in [-0.15, -0.1) is 45.3 Å². The van der Waals surface area contributed by atoms with Crippen LogP contribution in [0.3, 0.4) is 0 Å². The van der Waals surface area contributed by atoms with E-state index < -0.39 is 0 Å². The van der Waals surface area contributed by atoms with Crippen LogP contribution in [-0.2, 0) is 0 Å². The number of H-pyrrole nitrogens is 6. The number of pyridine rings is 1. The Bertz CT molecular complexity index is 4970. The number of hydrogen-bond acceptors (Lipinski definition) is 32. The van der Waals surface area contributed by atoms with Gasteiger partial charge in [0.1, 0.15) is 44.2 Å². The lowest BCUT2D eigenvalue weighted by Gasteiger charge is -1.90. The van der Waals surface area contributed by atoms with Crippen molar-refractivity contribution in [3.05, 3.63) is 505 Å². The van der Waals surface area contributed by atoms with E-state index in [2.05, 4.69) is 235 Å². The summed E-state index contributed by atoms with van der Waals surface area (Å²) < 4.78 is 21.3. The summed E-state index contributed by atoms with van der Waals surface area (Å²) in [6.45, 7) is 0. The van der Waals surface area contributed by atoms with E-state index in [9.17, 15) is 0 Å². The molecule has 0 aliphatic heterocycles. The fourth-order valence-electron chi connectivity index (χ4n) is 7.95. The molecule has 22 heterocycles. The number of hydrogen-bond donors (Lipinski definition) is 6. The second-order valence-electron chi connectivity index (χ2n) is 22.4. The van der Waals surface area contributed by atoms with Crippen molar-refractivity contribution in [1.29, 1.82) is 0 Å². The Balaban J connectivity index is -0.000000131. The average Bonchev–Trinajstić information content (AvgIpc) is 1.75. The van der Waals surface area contributed by atoms with Crippen LogP contribution in [0.25, 0.3) is 52.5 Å². The van der Waals surface area contributed by atoms with Crippen molar-refractivity contribution >= 4 is 121 Å². The van der Waals surface area contributed by atoms with Crippen LogP contribution in [0.15, 0.2) is 518 Å². The number of oxazole rings is 1. The van der Waals surface area contributed by atoms with Gasteiger partial charge in [-0.25, -0.2) is 54.2 Å². The maximum absolute atomic E-state index is 4.58. The van der Waals surface area contributed by atoms with Gasteiger partial charge in [0, 0.05) is 173 Å². The van der Waals surface area contributed by atoms with Crippen molar-refractivity contribution in [3.63, 3.8) is 0 Å². The highest BCUT2D eigenvalue weighted by Crippen LogP contribution is 2.25. The Labute approximate surface area is 903 Å². The van der Waals surface area contributed by atoms with Gasteiger partial charge in [-0.05, 0) is 189 Å². The number of thiophene rings is 4. The summed E-state index contributed by atoms with van der Waals surface area (Å²) in [6, 6.07) is 70.9. The molecule has 26 aromatic rings. The molecule has 26 rings (SSSR count). The Morgan fingerprint density at radius 1 is 0.243 bits per heavy atom. The first-order valence-electron chi connectivity index (χ1n) is 38.4. The summed E-state index contributed by atoms with van der Waals surface area (Å²) in [5.41, 5.74) is 7.02. The number of furan rings is 1. The highest BCUT2D eigenvalue weighted by molar-refractivity contribution is 7.25. The molecule has 22 aromatic heterocycles. The Morgan fingerprint density at radius 3 is 1.07 bits per heavy atom. The van der Waals surface area contributed by atoms with Gasteiger partial charge in [-0.1, -0.05) is 210 Å². The molecule has 0 aliphatic carbocycles. The van der Waals surface area contributed by atoms with E-state index in [1.807, 2.05) is 180 Å². The molecule has 796 valence electrons. The van der Waals surface area contributed by atoms with Crippen LogP contribution >= 0.6 is 68.2 Å². The van der Waals surface area contributed by atoms with Gasteiger partial charge in [-0.2, -0.15) is 42.0 Å². The highest BCUT2D eigenvalue weighted by atomic mass is 32.1. The largest absolute Gasteiger partial charge is 0.473 e. The van der Waals surface area contributed by atoms with Crippen LogP contribution in [0.2, 0.25) is 0 Å².